The topological polar surface area (TPSA) is 111 Å². The molecule has 0 aliphatic heterocycles. The first-order chi connectivity index (χ1) is 17.7. The number of furan rings is 1. The lowest BCUT2D eigenvalue weighted by molar-refractivity contribution is -0.136. The molecule has 0 saturated heterocycles. The van der Waals surface area contributed by atoms with Crippen LogP contribution in [0.4, 0.5) is 0 Å². The van der Waals surface area contributed by atoms with Crippen molar-refractivity contribution in [1.82, 2.24) is 5.32 Å². The summed E-state index contributed by atoms with van der Waals surface area (Å²) < 4.78 is 22.1. The summed E-state index contributed by atoms with van der Waals surface area (Å²) in [6.45, 7) is 8.20. The first-order valence-electron chi connectivity index (χ1n) is 11.8. The molecule has 0 spiro atoms. The monoisotopic (exact) mass is 502 g/mol. The molecule has 2 aromatic carbocycles. The van der Waals surface area contributed by atoms with E-state index in [1.54, 1.807) is 37.3 Å². The third-order valence-corrected chi connectivity index (χ3v) is 5.21. The number of rotatable bonds is 10. The predicted molar refractivity (Wildman–Crippen MR) is 138 cm³/mol. The molecule has 192 valence electrons. The summed E-state index contributed by atoms with van der Waals surface area (Å²) in [7, 11) is 0. The molecule has 1 amide bonds. The van der Waals surface area contributed by atoms with E-state index in [0.717, 1.165) is 5.56 Å². The van der Waals surface area contributed by atoms with Crippen LogP contribution in [0, 0.1) is 11.3 Å². The third-order valence-electron chi connectivity index (χ3n) is 5.21. The third kappa shape index (κ3) is 7.74. The fourth-order valence-electron chi connectivity index (χ4n) is 3.46. The molecule has 8 heteroatoms. The van der Waals surface area contributed by atoms with Crippen LogP contribution < -0.4 is 19.5 Å². The molecule has 37 heavy (non-hydrogen) atoms. The van der Waals surface area contributed by atoms with Crippen LogP contribution in [0.5, 0.6) is 17.2 Å². The van der Waals surface area contributed by atoms with Crippen LogP contribution in [-0.4, -0.2) is 25.1 Å². The fraction of sp³-hybridized carbons (Fsp3) is 0.276. The molecule has 1 aromatic heterocycles. The molecule has 3 rings (SSSR count). The highest BCUT2D eigenvalue weighted by Gasteiger charge is 2.20. The van der Waals surface area contributed by atoms with Gasteiger partial charge in [0.1, 0.15) is 23.2 Å². The van der Waals surface area contributed by atoms with Gasteiger partial charge in [-0.1, -0.05) is 45.0 Å². The number of carbonyl (C=O) groups is 2. The van der Waals surface area contributed by atoms with Gasteiger partial charge in [0.05, 0.1) is 19.4 Å². The Labute approximate surface area is 216 Å². The number of para-hydroxylation sites is 1. The number of benzene rings is 2. The number of nitrogens with one attached hydrogen (secondary N) is 1. The van der Waals surface area contributed by atoms with Gasteiger partial charge in [-0.2, -0.15) is 5.26 Å². The van der Waals surface area contributed by atoms with E-state index in [2.05, 4.69) is 26.1 Å². The lowest BCUT2D eigenvalue weighted by Crippen LogP contribution is -2.23. The molecule has 0 atom stereocenters. The Hall–Kier alpha value is -4.51. The Balaban J connectivity index is 1.69. The molecule has 8 nitrogen and oxygen atoms in total. The number of ether oxygens (including phenoxy) is 3. The van der Waals surface area contributed by atoms with Crippen LogP contribution in [0.1, 0.15) is 44.6 Å². The minimum Gasteiger partial charge on any atom is -0.490 e. The highest BCUT2D eigenvalue weighted by molar-refractivity contribution is 6.01. The van der Waals surface area contributed by atoms with Crippen molar-refractivity contribution in [2.24, 2.45) is 0 Å². The molecule has 0 saturated carbocycles. The summed E-state index contributed by atoms with van der Waals surface area (Å²) >= 11 is 0. The summed E-state index contributed by atoms with van der Waals surface area (Å²) in [5.74, 6) is 0.557. The Kier molecular flexibility index (Phi) is 9.11. The van der Waals surface area contributed by atoms with Crippen LogP contribution in [0.3, 0.4) is 0 Å². The summed E-state index contributed by atoms with van der Waals surface area (Å²) in [6.07, 6.45) is 2.93. The van der Waals surface area contributed by atoms with Crippen LogP contribution in [0.15, 0.2) is 70.9 Å². The Morgan fingerprint density at radius 2 is 1.81 bits per heavy atom. The molecule has 0 fully saturated rings. The van der Waals surface area contributed by atoms with Gasteiger partial charge in [-0.25, -0.2) is 4.79 Å². The van der Waals surface area contributed by atoms with Gasteiger partial charge < -0.3 is 23.9 Å². The zero-order valence-electron chi connectivity index (χ0n) is 21.4. The van der Waals surface area contributed by atoms with Gasteiger partial charge in [-0.15, -0.1) is 0 Å². The zero-order valence-corrected chi connectivity index (χ0v) is 21.4. The maximum atomic E-state index is 12.6. The lowest BCUT2D eigenvalue weighted by Gasteiger charge is -2.22. The molecular weight excluding hydrogens is 472 g/mol. The van der Waals surface area contributed by atoms with Gasteiger partial charge in [0.15, 0.2) is 18.1 Å². The molecule has 0 aliphatic carbocycles. The average molecular weight is 503 g/mol. The van der Waals surface area contributed by atoms with Gasteiger partial charge >= 0.3 is 5.97 Å². The van der Waals surface area contributed by atoms with Crippen molar-refractivity contribution in [3.05, 3.63) is 83.3 Å². The number of nitrogens with zero attached hydrogens (tertiary/aromatic N) is 1. The van der Waals surface area contributed by atoms with Crippen LogP contribution >= 0.6 is 0 Å². The number of hydrogen-bond donors (Lipinski definition) is 1. The first-order valence-corrected chi connectivity index (χ1v) is 11.8. The first kappa shape index (κ1) is 27.1. The predicted octanol–water partition coefficient (Wildman–Crippen LogP) is 5.18. The molecule has 3 aromatic rings. The van der Waals surface area contributed by atoms with Crippen molar-refractivity contribution >= 4 is 18.0 Å². The molecule has 1 N–H and O–H groups in total. The van der Waals surface area contributed by atoms with E-state index >= 15 is 0 Å². The molecule has 0 radical (unpaired) electrons. The summed E-state index contributed by atoms with van der Waals surface area (Å²) in [5.41, 5.74) is 1.27. The van der Waals surface area contributed by atoms with Gasteiger partial charge in [-0.05, 0) is 59.9 Å². The van der Waals surface area contributed by atoms with Gasteiger partial charge in [0.2, 0.25) is 0 Å². The highest BCUT2D eigenvalue weighted by atomic mass is 16.6. The second-order valence-corrected chi connectivity index (χ2v) is 9.08. The average Bonchev–Trinajstić information content (AvgIpc) is 3.39. The standard InChI is InChI=1S/C29H30N2O6/c1-5-34-26-16-20(15-21(17-30)28(33)31-18-22-9-8-14-35-22)12-13-25(26)37-27(32)19-36-24-11-7-6-10-23(24)29(2,3)4/h6-16H,5,18-19H2,1-4H3,(H,31,33)/b21-15+. The molecule has 0 bridgehead atoms. The van der Waals surface area contributed by atoms with E-state index in [1.807, 2.05) is 30.3 Å². The smallest absolute Gasteiger partial charge is 0.349 e. The molecule has 0 aliphatic rings. The van der Waals surface area contributed by atoms with E-state index in [9.17, 15) is 14.9 Å². The second-order valence-electron chi connectivity index (χ2n) is 9.08. The number of hydrogen-bond acceptors (Lipinski definition) is 7. The quantitative estimate of drug-likeness (QED) is 0.176. The molecule has 1 heterocycles. The van der Waals surface area contributed by atoms with Gasteiger partial charge in [-0.3, -0.25) is 4.79 Å². The fourth-order valence-corrected chi connectivity index (χ4v) is 3.46. The maximum Gasteiger partial charge on any atom is 0.349 e. The van der Waals surface area contributed by atoms with Crippen molar-refractivity contribution in [3.8, 4) is 23.3 Å². The SMILES string of the molecule is CCOc1cc(/C=C(\C#N)C(=O)NCc2ccco2)ccc1OC(=O)COc1ccccc1C(C)(C)C. The van der Waals surface area contributed by atoms with E-state index in [4.69, 9.17) is 18.6 Å². The number of esters is 1. The van der Waals surface area contributed by atoms with E-state index in [-0.39, 0.29) is 29.9 Å². The van der Waals surface area contributed by atoms with Crippen LogP contribution in [0.2, 0.25) is 0 Å². The summed E-state index contributed by atoms with van der Waals surface area (Å²) in [5, 5.41) is 12.1. The number of amides is 1. The van der Waals surface area contributed by atoms with Crippen molar-refractivity contribution in [2.45, 2.75) is 39.7 Å². The Morgan fingerprint density at radius 1 is 1.03 bits per heavy atom. The maximum absolute atomic E-state index is 12.6. The molecule has 0 unspecified atom stereocenters. The Bertz CT molecular complexity index is 1300. The van der Waals surface area contributed by atoms with Gasteiger partial charge in [0, 0.05) is 0 Å². The Morgan fingerprint density at radius 3 is 2.49 bits per heavy atom. The normalized spacial score (nSPS) is 11.4. The summed E-state index contributed by atoms with van der Waals surface area (Å²) in [4.78, 5) is 25.0. The van der Waals surface area contributed by atoms with Crippen LogP contribution in [0.25, 0.3) is 6.08 Å². The van der Waals surface area contributed by atoms with Crippen molar-refractivity contribution in [3.63, 3.8) is 0 Å². The minimum absolute atomic E-state index is 0.0929. The number of carbonyl (C=O) groups excluding carboxylic acids is 2. The highest BCUT2D eigenvalue weighted by Crippen LogP contribution is 2.32. The van der Waals surface area contributed by atoms with Crippen LogP contribution in [-0.2, 0) is 21.5 Å². The lowest BCUT2D eigenvalue weighted by atomic mass is 9.86. The largest absolute Gasteiger partial charge is 0.490 e. The van der Waals surface area contributed by atoms with E-state index < -0.39 is 11.9 Å². The van der Waals surface area contributed by atoms with Crippen molar-refractivity contribution < 1.29 is 28.2 Å². The van der Waals surface area contributed by atoms with E-state index in [1.165, 1.54) is 12.3 Å². The summed E-state index contributed by atoms with van der Waals surface area (Å²) in [6, 6.07) is 17.7. The minimum atomic E-state index is -0.594. The second kappa shape index (κ2) is 12.5. The van der Waals surface area contributed by atoms with Crippen molar-refractivity contribution in [1.29, 1.82) is 5.26 Å². The zero-order chi connectivity index (χ0) is 26.8. The van der Waals surface area contributed by atoms with E-state index in [0.29, 0.717) is 29.4 Å². The number of nitriles is 1. The van der Waals surface area contributed by atoms with Gasteiger partial charge in [0.25, 0.3) is 5.91 Å². The van der Waals surface area contributed by atoms with Crippen molar-refractivity contribution in [2.75, 3.05) is 13.2 Å². The molecular formula is C29H30N2O6.